The van der Waals surface area contributed by atoms with Gasteiger partial charge in [-0.2, -0.15) is 5.10 Å². The summed E-state index contributed by atoms with van der Waals surface area (Å²) in [6.45, 7) is 5.25. The number of hydrogen-bond acceptors (Lipinski definition) is 3. The molecule has 0 bridgehead atoms. The summed E-state index contributed by atoms with van der Waals surface area (Å²) in [7, 11) is 0. The molecule has 0 atom stereocenters. The zero-order valence-electron chi connectivity index (χ0n) is 11.0. The molecule has 0 saturated heterocycles. The molecule has 102 valence electrons. The van der Waals surface area contributed by atoms with Crippen LogP contribution in [0.1, 0.15) is 12.6 Å². The molecule has 0 aliphatic carbocycles. The van der Waals surface area contributed by atoms with Crippen molar-refractivity contribution in [1.29, 1.82) is 0 Å². The van der Waals surface area contributed by atoms with E-state index in [1.54, 1.807) is 0 Å². The van der Waals surface area contributed by atoms with Gasteiger partial charge in [0, 0.05) is 17.2 Å². The first-order valence-corrected chi connectivity index (χ1v) is 7.18. The van der Waals surface area contributed by atoms with Crippen LogP contribution in [-0.2, 0) is 13.1 Å². The van der Waals surface area contributed by atoms with Crippen molar-refractivity contribution in [3.8, 4) is 5.75 Å². The van der Waals surface area contributed by atoms with E-state index in [-0.39, 0.29) is 0 Å². The molecule has 0 radical (unpaired) electrons. The smallest absolute Gasteiger partial charge is 0.120 e. The van der Waals surface area contributed by atoms with Gasteiger partial charge >= 0.3 is 0 Å². The Bertz CT molecular complexity index is 513. The van der Waals surface area contributed by atoms with Gasteiger partial charge in [-0.25, -0.2) is 0 Å². The molecule has 0 fully saturated rings. The molecule has 1 N–H and O–H groups in total. The molecule has 0 saturated carbocycles. The van der Waals surface area contributed by atoms with Crippen LogP contribution >= 0.6 is 15.9 Å². The lowest BCUT2D eigenvalue weighted by atomic mass is 10.3. The number of ether oxygens (including phenoxy) is 1. The molecule has 19 heavy (non-hydrogen) atoms. The van der Waals surface area contributed by atoms with E-state index >= 15 is 0 Å². The van der Waals surface area contributed by atoms with Crippen LogP contribution in [0.5, 0.6) is 5.75 Å². The lowest BCUT2D eigenvalue weighted by Gasteiger charge is -2.09. The number of aromatic nitrogens is 2. The van der Waals surface area contributed by atoms with Crippen molar-refractivity contribution in [2.24, 2.45) is 0 Å². The Hall–Kier alpha value is -1.33. The molecule has 0 unspecified atom stereocenters. The maximum Gasteiger partial charge on any atom is 0.120 e. The largest absolute Gasteiger partial charge is 0.492 e. The van der Waals surface area contributed by atoms with Gasteiger partial charge in [0.15, 0.2) is 0 Å². The first kappa shape index (κ1) is 14.1. The van der Waals surface area contributed by atoms with Gasteiger partial charge in [-0.1, -0.05) is 28.9 Å². The highest BCUT2D eigenvalue weighted by Crippen LogP contribution is 2.17. The number of rotatable bonds is 7. The van der Waals surface area contributed by atoms with Crippen molar-refractivity contribution in [3.05, 3.63) is 46.7 Å². The van der Waals surface area contributed by atoms with Gasteiger partial charge in [-0.05, 0) is 30.8 Å². The predicted octanol–water partition coefficient (Wildman–Crippen LogP) is 2.83. The molecule has 1 aromatic carbocycles. The normalized spacial score (nSPS) is 10.6. The summed E-state index contributed by atoms with van der Waals surface area (Å²) in [5, 5.41) is 7.60. The Labute approximate surface area is 121 Å². The van der Waals surface area contributed by atoms with Crippen molar-refractivity contribution in [2.45, 2.75) is 20.0 Å². The first-order valence-electron chi connectivity index (χ1n) is 6.39. The fourth-order valence-electron chi connectivity index (χ4n) is 1.77. The highest BCUT2D eigenvalue weighted by atomic mass is 79.9. The number of benzene rings is 1. The molecule has 1 heterocycles. The fourth-order valence-corrected chi connectivity index (χ4v) is 2.15. The van der Waals surface area contributed by atoms with Gasteiger partial charge in [0.05, 0.1) is 12.2 Å². The summed E-state index contributed by atoms with van der Waals surface area (Å²) in [4.78, 5) is 0. The van der Waals surface area contributed by atoms with E-state index in [2.05, 4.69) is 33.3 Å². The Morgan fingerprint density at radius 1 is 1.37 bits per heavy atom. The summed E-state index contributed by atoms with van der Waals surface area (Å²) >= 11 is 3.43. The summed E-state index contributed by atoms with van der Waals surface area (Å²) in [5.74, 6) is 0.870. The number of hydrogen-bond donors (Lipinski definition) is 1. The van der Waals surface area contributed by atoms with Crippen LogP contribution in [0.4, 0.5) is 0 Å². The summed E-state index contributed by atoms with van der Waals surface area (Å²) in [6, 6.07) is 9.89. The van der Waals surface area contributed by atoms with Gasteiger partial charge in [0.25, 0.3) is 0 Å². The summed E-state index contributed by atoms with van der Waals surface area (Å²) < 4.78 is 8.71. The van der Waals surface area contributed by atoms with E-state index in [4.69, 9.17) is 4.74 Å². The Morgan fingerprint density at radius 2 is 2.26 bits per heavy atom. The number of nitrogens with one attached hydrogen (secondary N) is 1. The van der Waals surface area contributed by atoms with E-state index in [0.717, 1.165) is 29.9 Å². The van der Waals surface area contributed by atoms with E-state index in [0.29, 0.717) is 6.61 Å². The summed E-state index contributed by atoms with van der Waals surface area (Å²) in [6.07, 6.45) is 1.83. The topological polar surface area (TPSA) is 39.1 Å². The molecule has 5 heteroatoms. The third kappa shape index (κ3) is 4.36. The minimum atomic E-state index is 0.608. The van der Waals surface area contributed by atoms with Gasteiger partial charge in [0.1, 0.15) is 12.4 Å². The standard InChI is InChI=1S/C14H18BrN3O/c1-2-16-11-13-6-7-17-18(13)8-9-19-14-5-3-4-12(15)10-14/h3-7,10,16H,2,8-9,11H2,1H3. The molecule has 0 aliphatic rings. The maximum absolute atomic E-state index is 5.71. The third-order valence-corrected chi connectivity index (χ3v) is 3.22. The minimum absolute atomic E-state index is 0.608. The Kier molecular flexibility index (Phi) is 5.42. The molecular formula is C14H18BrN3O. The second-order valence-corrected chi connectivity index (χ2v) is 5.05. The minimum Gasteiger partial charge on any atom is -0.492 e. The van der Waals surface area contributed by atoms with Crippen LogP contribution in [-0.4, -0.2) is 22.9 Å². The van der Waals surface area contributed by atoms with Crippen LogP contribution < -0.4 is 10.1 Å². The Morgan fingerprint density at radius 3 is 3.05 bits per heavy atom. The fraction of sp³-hybridized carbons (Fsp3) is 0.357. The number of nitrogens with zero attached hydrogens (tertiary/aromatic N) is 2. The van der Waals surface area contributed by atoms with Crippen molar-refractivity contribution < 1.29 is 4.74 Å². The average Bonchev–Trinajstić information content (AvgIpc) is 2.84. The van der Waals surface area contributed by atoms with Crippen molar-refractivity contribution in [1.82, 2.24) is 15.1 Å². The molecular weight excluding hydrogens is 306 g/mol. The van der Waals surface area contributed by atoms with Crippen LogP contribution in [0, 0.1) is 0 Å². The molecule has 1 aromatic heterocycles. The van der Waals surface area contributed by atoms with Crippen molar-refractivity contribution >= 4 is 15.9 Å². The van der Waals surface area contributed by atoms with Gasteiger partial charge < -0.3 is 10.1 Å². The summed E-state index contributed by atoms with van der Waals surface area (Å²) in [5.41, 5.74) is 1.18. The second-order valence-electron chi connectivity index (χ2n) is 4.13. The van der Waals surface area contributed by atoms with Crippen LogP contribution in [0.3, 0.4) is 0 Å². The van der Waals surface area contributed by atoms with E-state index in [1.165, 1.54) is 5.69 Å². The quantitative estimate of drug-likeness (QED) is 0.851. The Balaban J connectivity index is 1.84. The molecule has 4 nitrogen and oxygen atoms in total. The monoisotopic (exact) mass is 323 g/mol. The van der Waals surface area contributed by atoms with E-state index in [1.807, 2.05) is 41.2 Å². The van der Waals surface area contributed by atoms with Crippen LogP contribution in [0.15, 0.2) is 41.0 Å². The highest BCUT2D eigenvalue weighted by Gasteiger charge is 2.02. The molecule has 2 rings (SSSR count). The lowest BCUT2D eigenvalue weighted by molar-refractivity contribution is 0.288. The van der Waals surface area contributed by atoms with Crippen LogP contribution in [0.25, 0.3) is 0 Å². The van der Waals surface area contributed by atoms with E-state index < -0.39 is 0 Å². The first-order chi connectivity index (χ1) is 9.29. The number of halogens is 1. The molecule has 0 amide bonds. The maximum atomic E-state index is 5.71. The van der Waals surface area contributed by atoms with Gasteiger partial charge in [0.2, 0.25) is 0 Å². The second kappa shape index (κ2) is 7.31. The van der Waals surface area contributed by atoms with Gasteiger partial charge in [-0.3, -0.25) is 4.68 Å². The highest BCUT2D eigenvalue weighted by molar-refractivity contribution is 9.10. The lowest BCUT2D eigenvalue weighted by Crippen LogP contribution is -2.18. The van der Waals surface area contributed by atoms with Crippen molar-refractivity contribution in [3.63, 3.8) is 0 Å². The third-order valence-electron chi connectivity index (χ3n) is 2.73. The van der Waals surface area contributed by atoms with E-state index in [9.17, 15) is 0 Å². The molecule has 0 aliphatic heterocycles. The SMILES string of the molecule is CCNCc1ccnn1CCOc1cccc(Br)c1. The van der Waals surface area contributed by atoms with Crippen LogP contribution in [0.2, 0.25) is 0 Å². The van der Waals surface area contributed by atoms with Gasteiger partial charge in [-0.15, -0.1) is 0 Å². The predicted molar refractivity (Wildman–Crippen MR) is 79.2 cm³/mol. The molecule has 0 spiro atoms. The zero-order valence-corrected chi connectivity index (χ0v) is 12.6. The zero-order chi connectivity index (χ0) is 13.5. The molecule has 2 aromatic rings. The van der Waals surface area contributed by atoms with Crippen molar-refractivity contribution in [2.75, 3.05) is 13.2 Å². The average molecular weight is 324 g/mol.